The third kappa shape index (κ3) is 10.6. The fourth-order valence-electron chi connectivity index (χ4n) is 8.92. The van der Waals surface area contributed by atoms with E-state index in [1.165, 1.54) is 42.1 Å². The van der Waals surface area contributed by atoms with Crippen molar-refractivity contribution in [3.63, 3.8) is 0 Å². The van der Waals surface area contributed by atoms with Crippen LogP contribution in [0, 0.1) is 28.4 Å². The number of aryl methyl sites for hydroxylation is 1. The van der Waals surface area contributed by atoms with E-state index in [4.69, 9.17) is 9.47 Å². The summed E-state index contributed by atoms with van der Waals surface area (Å²) in [6.07, 6.45) is 3.18. The molecule has 3 N–H and O–H groups in total. The van der Waals surface area contributed by atoms with Gasteiger partial charge in [-0.1, -0.05) is 25.5 Å². The number of anilines is 2. The van der Waals surface area contributed by atoms with Crippen LogP contribution in [-0.4, -0.2) is 86.6 Å². The van der Waals surface area contributed by atoms with Crippen molar-refractivity contribution in [3.8, 4) is 11.5 Å². The number of alkyl halides is 3. The molecule has 0 radical (unpaired) electrons. The molecule has 1 amide bonds. The molecule has 18 heteroatoms. The number of piperazine rings is 1. The molecule has 3 aromatic carbocycles. The minimum absolute atomic E-state index is 0.0114. The maximum Gasteiger partial charge on any atom is 0.416 e. The third-order valence-corrected chi connectivity index (χ3v) is 13.9. The minimum Gasteiger partial charge on any atom is -0.455 e. The van der Waals surface area contributed by atoms with E-state index in [0.29, 0.717) is 69.4 Å². The number of hydrogen-bond donors (Lipinski definition) is 3. The lowest BCUT2D eigenvalue weighted by atomic mass is 9.72. The Labute approximate surface area is 375 Å². The van der Waals surface area contributed by atoms with Gasteiger partial charge in [0.1, 0.15) is 22.8 Å². The third-order valence-electron chi connectivity index (χ3n) is 12.6. The summed E-state index contributed by atoms with van der Waals surface area (Å²) in [6, 6.07) is 15.9. The van der Waals surface area contributed by atoms with Gasteiger partial charge in [0.25, 0.3) is 21.6 Å². The van der Waals surface area contributed by atoms with E-state index >= 15 is 0 Å². The molecule has 2 saturated heterocycles. The number of ether oxygens (including phenoxy) is 2. The molecule has 344 valence electrons. The molecule has 65 heavy (non-hydrogen) atoms. The zero-order valence-corrected chi connectivity index (χ0v) is 37.3. The lowest BCUT2D eigenvalue weighted by Gasteiger charge is -2.39. The van der Waals surface area contributed by atoms with Crippen molar-refractivity contribution in [2.24, 2.45) is 11.3 Å². The van der Waals surface area contributed by atoms with Crippen molar-refractivity contribution < 1.29 is 40.8 Å². The number of fused-ring (bicyclic) bond motifs is 1. The Balaban J connectivity index is 1.01. The van der Waals surface area contributed by atoms with Crippen LogP contribution in [0.5, 0.6) is 11.5 Å². The Morgan fingerprint density at radius 1 is 1.06 bits per heavy atom. The van der Waals surface area contributed by atoms with Gasteiger partial charge in [0.2, 0.25) is 0 Å². The smallest absolute Gasteiger partial charge is 0.416 e. The quantitative estimate of drug-likeness (QED) is 0.0759. The molecule has 1 atom stereocenters. The molecular weight excluding hydrogens is 864 g/mol. The standard InChI is InChI=1S/C47H52F3N7O7S/c1-30-21-34(47(48,49)50)6-9-38(30)40-25-46(2,3)14-12-33(40)28-55-16-18-56(19-17-55)35-7-10-39(43(23-35)64-36-22-32-13-15-51-44(32)53-27-36)45(58)54-65(61,62)37-8-11-41(42(24-37)57(59)60)52-26-31-5-4-20-63-29-31/h6-11,13,15,21-24,27,31,52H,4-5,12,14,16-20,25-26,28-29H2,1-3H3,(H,51,53)(H,54,58)/t31-/m1/s1. The zero-order valence-electron chi connectivity index (χ0n) is 36.5. The second-order valence-corrected chi connectivity index (χ2v) is 19.6. The van der Waals surface area contributed by atoms with Gasteiger partial charge < -0.3 is 24.7 Å². The number of allylic oxidation sites excluding steroid dienone is 1. The van der Waals surface area contributed by atoms with Crippen LogP contribution >= 0.6 is 0 Å². The molecular formula is C47H52F3N7O7S. The number of nitrogens with zero attached hydrogens (tertiary/aromatic N) is 4. The van der Waals surface area contributed by atoms with Gasteiger partial charge in [-0.05, 0) is 116 Å². The van der Waals surface area contributed by atoms with Gasteiger partial charge in [0.05, 0.1) is 33.7 Å². The predicted octanol–water partition coefficient (Wildman–Crippen LogP) is 9.33. The summed E-state index contributed by atoms with van der Waals surface area (Å²) < 4.78 is 81.9. The maximum absolute atomic E-state index is 13.9. The molecule has 3 aliphatic rings. The number of rotatable bonds is 13. The van der Waals surface area contributed by atoms with Crippen LogP contribution in [0.1, 0.15) is 73.0 Å². The van der Waals surface area contributed by atoms with Gasteiger partial charge in [0, 0.05) is 75.3 Å². The summed E-state index contributed by atoms with van der Waals surface area (Å²) >= 11 is 0. The van der Waals surface area contributed by atoms with E-state index in [-0.39, 0.29) is 28.3 Å². The highest BCUT2D eigenvalue weighted by atomic mass is 32.2. The van der Waals surface area contributed by atoms with Crippen LogP contribution in [0.4, 0.5) is 30.2 Å². The first-order valence-corrected chi connectivity index (χ1v) is 23.2. The van der Waals surface area contributed by atoms with Gasteiger partial charge >= 0.3 is 6.18 Å². The van der Waals surface area contributed by atoms with Crippen LogP contribution in [-0.2, 0) is 20.9 Å². The fraction of sp³-hybridized carbons (Fsp3) is 0.404. The number of amides is 1. The summed E-state index contributed by atoms with van der Waals surface area (Å²) in [6.45, 7) is 11.0. The first-order chi connectivity index (χ1) is 30.9. The maximum atomic E-state index is 13.9. The number of hydrogen-bond acceptors (Lipinski definition) is 11. The Kier molecular flexibility index (Phi) is 13.0. The van der Waals surface area contributed by atoms with Crippen molar-refractivity contribution in [3.05, 3.63) is 117 Å². The average Bonchev–Trinajstić information content (AvgIpc) is 3.74. The Bertz CT molecular complexity index is 2740. The number of nitro groups is 1. The molecule has 2 fully saturated rings. The number of pyridine rings is 1. The number of aromatic nitrogens is 2. The summed E-state index contributed by atoms with van der Waals surface area (Å²) in [4.78, 5) is 36.8. The second-order valence-electron chi connectivity index (χ2n) is 17.9. The Hall–Kier alpha value is -5.98. The monoisotopic (exact) mass is 915 g/mol. The number of halogens is 3. The van der Waals surface area contributed by atoms with Gasteiger partial charge in [-0.2, -0.15) is 13.2 Å². The fourth-order valence-corrected chi connectivity index (χ4v) is 9.91. The molecule has 2 aliphatic heterocycles. The summed E-state index contributed by atoms with van der Waals surface area (Å²) in [7, 11) is -4.60. The van der Waals surface area contributed by atoms with Gasteiger partial charge in [-0.25, -0.2) is 18.1 Å². The van der Waals surface area contributed by atoms with E-state index in [2.05, 4.69) is 43.7 Å². The second kappa shape index (κ2) is 18.5. The van der Waals surface area contributed by atoms with Crippen LogP contribution in [0.3, 0.4) is 0 Å². The largest absolute Gasteiger partial charge is 0.455 e. The Morgan fingerprint density at radius 3 is 2.58 bits per heavy atom. The molecule has 5 aromatic rings. The summed E-state index contributed by atoms with van der Waals surface area (Å²) in [5.41, 5.74) is 4.15. The SMILES string of the molecule is Cc1cc(C(F)(F)F)ccc1C1=C(CN2CCN(c3ccc(C(=O)NS(=O)(=O)c4ccc(NC[C@H]5CCCOC5)c([N+](=O)[O-])c4)c(Oc4cnc5[nH]ccc5c4)c3)CC2)CCC(C)(C)C1. The number of benzene rings is 3. The zero-order chi connectivity index (χ0) is 46.1. The molecule has 0 bridgehead atoms. The van der Waals surface area contributed by atoms with Gasteiger partial charge in [-0.15, -0.1) is 0 Å². The molecule has 0 unspecified atom stereocenters. The van der Waals surface area contributed by atoms with E-state index < -0.39 is 43.2 Å². The molecule has 2 aromatic heterocycles. The number of H-pyrrole nitrogens is 1. The minimum atomic E-state index is -4.60. The number of carbonyl (C=O) groups is 1. The first kappa shape index (κ1) is 45.6. The highest BCUT2D eigenvalue weighted by Gasteiger charge is 2.34. The van der Waals surface area contributed by atoms with Crippen LogP contribution < -0.4 is 19.7 Å². The highest BCUT2D eigenvalue weighted by Crippen LogP contribution is 2.45. The number of aromatic amines is 1. The van der Waals surface area contributed by atoms with E-state index in [9.17, 15) is 36.5 Å². The lowest BCUT2D eigenvalue weighted by molar-refractivity contribution is -0.384. The van der Waals surface area contributed by atoms with Crippen LogP contribution in [0.25, 0.3) is 16.6 Å². The van der Waals surface area contributed by atoms with Crippen molar-refractivity contribution in [1.82, 2.24) is 19.6 Å². The van der Waals surface area contributed by atoms with Crippen molar-refractivity contribution in [2.45, 2.75) is 63.9 Å². The van der Waals surface area contributed by atoms with E-state index in [1.54, 1.807) is 37.4 Å². The van der Waals surface area contributed by atoms with Crippen molar-refractivity contribution >= 4 is 49.6 Å². The molecule has 4 heterocycles. The van der Waals surface area contributed by atoms with Gasteiger partial charge in [0.15, 0.2) is 0 Å². The predicted molar refractivity (Wildman–Crippen MR) is 242 cm³/mol. The number of nitro benzene ring substituents is 1. The van der Waals surface area contributed by atoms with Gasteiger partial charge in [-0.3, -0.25) is 19.8 Å². The highest BCUT2D eigenvalue weighted by molar-refractivity contribution is 7.90. The normalized spacial score (nSPS) is 18.4. The van der Waals surface area contributed by atoms with Crippen molar-refractivity contribution in [2.75, 3.05) is 62.7 Å². The Morgan fingerprint density at radius 2 is 1.86 bits per heavy atom. The van der Waals surface area contributed by atoms with Crippen LogP contribution in [0.15, 0.2) is 89.6 Å². The van der Waals surface area contributed by atoms with Crippen LogP contribution in [0.2, 0.25) is 0 Å². The van der Waals surface area contributed by atoms with E-state index in [1.807, 2.05) is 6.07 Å². The average molecular weight is 916 g/mol. The molecule has 14 nitrogen and oxygen atoms in total. The summed E-state index contributed by atoms with van der Waals surface area (Å²) in [5, 5.41) is 15.9. The number of carbonyl (C=O) groups excluding carboxylic acids is 1. The summed E-state index contributed by atoms with van der Waals surface area (Å²) in [5.74, 6) is -0.478. The molecule has 1 aliphatic carbocycles. The number of nitrogens with one attached hydrogen (secondary N) is 3. The molecule has 0 saturated carbocycles. The van der Waals surface area contributed by atoms with Crippen molar-refractivity contribution in [1.29, 1.82) is 0 Å². The topological polar surface area (TPSA) is 172 Å². The number of sulfonamides is 1. The first-order valence-electron chi connectivity index (χ1n) is 21.7. The lowest BCUT2D eigenvalue weighted by Crippen LogP contribution is -2.47. The molecule has 0 spiro atoms. The van der Waals surface area contributed by atoms with E-state index in [0.717, 1.165) is 60.4 Å². The molecule has 8 rings (SSSR count).